The Kier molecular flexibility index (Phi) is 2.87. The molecule has 5 heteroatoms. The highest BCUT2D eigenvalue weighted by atomic mass is 16.5. The molecule has 0 saturated heterocycles. The third-order valence-electron chi connectivity index (χ3n) is 5.31. The Bertz CT molecular complexity index is 787. The summed E-state index contributed by atoms with van der Waals surface area (Å²) in [5.74, 6) is -0.613. The second-order valence-electron chi connectivity index (χ2n) is 6.83. The van der Waals surface area contributed by atoms with E-state index in [1.54, 1.807) is 12.1 Å². The van der Waals surface area contributed by atoms with Crippen LogP contribution in [0.4, 0.5) is 0 Å². The van der Waals surface area contributed by atoms with Gasteiger partial charge in [0.1, 0.15) is 11.4 Å². The molecule has 0 spiro atoms. The molecule has 0 amide bonds. The van der Waals surface area contributed by atoms with Crippen LogP contribution >= 0.6 is 0 Å². The number of aliphatic hydroxyl groups excluding tert-OH is 1. The van der Waals surface area contributed by atoms with E-state index in [1.807, 2.05) is 6.92 Å². The molecule has 0 bridgehead atoms. The Morgan fingerprint density at radius 1 is 1.26 bits per heavy atom. The molecule has 23 heavy (non-hydrogen) atoms. The van der Waals surface area contributed by atoms with Crippen LogP contribution in [0.5, 0.6) is 0 Å². The SMILES string of the molecule is C[C@@H]1COC2=C1C(=O)C(=O)c1c2ccc2c1CC[C@@H](O)[C@]2(C)O. The lowest BCUT2D eigenvalue weighted by Crippen LogP contribution is -2.42. The number of ketones is 2. The van der Waals surface area contributed by atoms with E-state index in [0.29, 0.717) is 53.0 Å². The van der Waals surface area contributed by atoms with Crippen molar-refractivity contribution in [1.82, 2.24) is 0 Å². The monoisotopic (exact) mass is 314 g/mol. The summed E-state index contributed by atoms with van der Waals surface area (Å²) in [6.45, 7) is 3.81. The largest absolute Gasteiger partial charge is 0.492 e. The number of carbonyl (C=O) groups excluding carboxylic acids is 2. The number of hydrogen-bond acceptors (Lipinski definition) is 5. The topological polar surface area (TPSA) is 83.8 Å². The molecule has 2 aliphatic carbocycles. The second-order valence-corrected chi connectivity index (χ2v) is 6.83. The van der Waals surface area contributed by atoms with E-state index >= 15 is 0 Å². The zero-order chi connectivity index (χ0) is 16.5. The van der Waals surface area contributed by atoms with Crippen molar-refractivity contribution in [3.63, 3.8) is 0 Å². The van der Waals surface area contributed by atoms with Crippen molar-refractivity contribution < 1.29 is 24.5 Å². The smallest absolute Gasteiger partial charge is 0.234 e. The first kappa shape index (κ1) is 14.6. The van der Waals surface area contributed by atoms with E-state index in [1.165, 1.54) is 6.92 Å². The van der Waals surface area contributed by atoms with Crippen LogP contribution in [0.1, 0.15) is 47.3 Å². The highest BCUT2D eigenvalue weighted by Crippen LogP contribution is 2.44. The molecule has 1 aromatic carbocycles. The molecule has 5 nitrogen and oxygen atoms in total. The fraction of sp³-hybridized carbons (Fsp3) is 0.444. The Morgan fingerprint density at radius 2 is 2.00 bits per heavy atom. The van der Waals surface area contributed by atoms with Gasteiger partial charge in [0.15, 0.2) is 0 Å². The molecule has 1 heterocycles. The maximum Gasteiger partial charge on any atom is 0.234 e. The number of Topliss-reactive ketones (excluding diaryl/α,β-unsaturated/α-hetero) is 2. The van der Waals surface area contributed by atoms with Gasteiger partial charge in [-0.3, -0.25) is 9.59 Å². The zero-order valence-corrected chi connectivity index (χ0v) is 13.0. The number of hydrogen-bond donors (Lipinski definition) is 2. The van der Waals surface area contributed by atoms with Gasteiger partial charge in [0.05, 0.1) is 18.3 Å². The van der Waals surface area contributed by atoms with Crippen molar-refractivity contribution in [1.29, 1.82) is 0 Å². The van der Waals surface area contributed by atoms with E-state index in [2.05, 4.69) is 0 Å². The highest BCUT2D eigenvalue weighted by molar-refractivity contribution is 6.52. The molecule has 0 aromatic heterocycles. The predicted octanol–water partition coefficient (Wildman–Crippen LogP) is 1.34. The summed E-state index contributed by atoms with van der Waals surface area (Å²) in [5, 5.41) is 20.6. The average Bonchev–Trinajstić information content (AvgIpc) is 2.90. The molecule has 3 aliphatic rings. The minimum Gasteiger partial charge on any atom is -0.492 e. The van der Waals surface area contributed by atoms with Crippen molar-refractivity contribution in [2.24, 2.45) is 5.92 Å². The summed E-state index contributed by atoms with van der Waals surface area (Å²) in [4.78, 5) is 25.2. The van der Waals surface area contributed by atoms with Crippen molar-refractivity contribution in [2.45, 2.75) is 38.4 Å². The van der Waals surface area contributed by atoms with Crippen LogP contribution in [-0.2, 0) is 21.6 Å². The first-order valence-electron chi connectivity index (χ1n) is 7.87. The van der Waals surface area contributed by atoms with Crippen LogP contribution in [0, 0.1) is 5.92 Å². The third-order valence-corrected chi connectivity index (χ3v) is 5.31. The van der Waals surface area contributed by atoms with Gasteiger partial charge < -0.3 is 14.9 Å². The summed E-state index contributed by atoms with van der Waals surface area (Å²) >= 11 is 0. The minimum absolute atomic E-state index is 0.0874. The highest BCUT2D eigenvalue weighted by Gasteiger charge is 2.45. The van der Waals surface area contributed by atoms with Crippen LogP contribution in [0.3, 0.4) is 0 Å². The van der Waals surface area contributed by atoms with E-state index < -0.39 is 23.3 Å². The van der Waals surface area contributed by atoms with Crippen molar-refractivity contribution in [3.05, 3.63) is 40.0 Å². The number of benzene rings is 1. The first-order chi connectivity index (χ1) is 10.8. The molecule has 4 rings (SSSR count). The summed E-state index contributed by atoms with van der Waals surface area (Å²) < 4.78 is 5.67. The molecule has 2 N–H and O–H groups in total. The molecular weight excluding hydrogens is 296 g/mol. The van der Waals surface area contributed by atoms with Gasteiger partial charge in [-0.1, -0.05) is 19.1 Å². The molecule has 120 valence electrons. The molecular formula is C18H18O5. The summed E-state index contributed by atoms with van der Waals surface area (Å²) in [6.07, 6.45) is -0.0892. The molecule has 0 saturated carbocycles. The lowest BCUT2D eigenvalue weighted by atomic mass is 9.72. The molecule has 0 radical (unpaired) electrons. The van der Waals surface area contributed by atoms with E-state index in [-0.39, 0.29) is 5.92 Å². The van der Waals surface area contributed by atoms with Crippen molar-refractivity contribution >= 4 is 17.3 Å². The van der Waals surface area contributed by atoms with Crippen LogP contribution in [-0.4, -0.2) is 34.5 Å². The molecule has 0 unspecified atom stereocenters. The molecule has 3 atom stereocenters. The van der Waals surface area contributed by atoms with Crippen LogP contribution < -0.4 is 0 Å². The number of carbonyl (C=O) groups is 2. The molecule has 1 aromatic rings. The Balaban J connectivity index is 2.00. The van der Waals surface area contributed by atoms with Crippen molar-refractivity contribution in [3.8, 4) is 0 Å². The lowest BCUT2D eigenvalue weighted by Gasteiger charge is -2.37. The van der Waals surface area contributed by atoms with Crippen LogP contribution in [0.2, 0.25) is 0 Å². The Hall–Kier alpha value is -1.98. The summed E-state index contributed by atoms with van der Waals surface area (Å²) in [5.41, 5.74) is 1.19. The van der Waals surface area contributed by atoms with Crippen LogP contribution in [0.15, 0.2) is 17.7 Å². The fourth-order valence-corrected chi connectivity index (χ4v) is 3.95. The van der Waals surface area contributed by atoms with E-state index in [9.17, 15) is 19.8 Å². The van der Waals surface area contributed by atoms with Gasteiger partial charge in [0.2, 0.25) is 11.6 Å². The minimum atomic E-state index is -1.43. The van der Waals surface area contributed by atoms with Gasteiger partial charge in [-0.25, -0.2) is 0 Å². The summed E-state index contributed by atoms with van der Waals surface area (Å²) in [7, 11) is 0. The standard InChI is InChI=1S/C18H18O5/c1-8-7-23-17-10-3-5-11-9(4-6-12(19)18(11,2)22)14(10)16(21)15(20)13(8)17/h3,5,8,12,19,22H,4,6-7H2,1-2H3/t8-,12-,18-/m1/s1. The fourth-order valence-electron chi connectivity index (χ4n) is 3.95. The normalized spacial score (nSPS) is 32.3. The van der Waals surface area contributed by atoms with Gasteiger partial charge in [0, 0.05) is 17.0 Å². The van der Waals surface area contributed by atoms with Gasteiger partial charge in [-0.15, -0.1) is 0 Å². The van der Waals surface area contributed by atoms with Gasteiger partial charge >= 0.3 is 0 Å². The predicted molar refractivity (Wildman–Crippen MR) is 81.7 cm³/mol. The molecule has 1 aliphatic heterocycles. The Labute approximate surface area is 133 Å². The van der Waals surface area contributed by atoms with Gasteiger partial charge in [-0.05, 0) is 30.9 Å². The average molecular weight is 314 g/mol. The van der Waals surface area contributed by atoms with Gasteiger partial charge in [-0.2, -0.15) is 0 Å². The van der Waals surface area contributed by atoms with Crippen LogP contribution in [0.25, 0.3) is 5.76 Å². The van der Waals surface area contributed by atoms with E-state index in [4.69, 9.17) is 4.74 Å². The zero-order valence-electron chi connectivity index (χ0n) is 13.0. The number of aliphatic hydroxyl groups is 2. The number of ether oxygens (including phenoxy) is 1. The second kappa shape index (κ2) is 4.52. The third kappa shape index (κ3) is 1.75. The number of rotatable bonds is 0. The van der Waals surface area contributed by atoms with Gasteiger partial charge in [0.25, 0.3) is 0 Å². The maximum absolute atomic E-state index is 12.7. The Morgan fingerprint density at radius 3 is 2.74 bits per heavy atom. The maximum atomic E-state index is 12.7. The molecule has 0 fully saturated rings. The van der Waals surface area contributed by atoms with E-state index in [0.717, 1.165) is 0 Å². The first-order valence-corrected chi connectivity index (χ1v) is 7.87. The summed E-state index contributed by atoms with van der Waals surface area (Å²) in [6, 6.07) is 3.45. The lowest BCUT2D eigenvalue weighted by molar-refractivity contribution is -0.112. The quantitative estimate of drug-likeness (QED) is 0.706. The van der Waals surface area contributed by atoms with Crippen molar-refractivity contribution in [2.75, 3.05) is 6.61 Å². The number of fused-ring (bicyclic) bond motifs is 4.